The molecule has 0 saturated carbocycles. The van der Waals surface area contributed by atoms with Gasteiger partial charge in [0.15, 0.2) is 0 Å². The molecular weight excluding hydrogens is 338 g/mol. The number of nitrogens with zero attached hydrogens (tertiary/aromatic N) is 1. The lowest BCUT2D eigenvalue weighted by atomic mass is 10.2. The number of ether oxygens (including phenoxy) is 2. The third-order valence-electron chi connectivity index (χ3n) is 4.06. The monoisotopic (exact) mass is 359 g/mol. The van der Waals surface area contributed by atoms with Crippen LogP contribution >= 0.6 is 0 Å². The van der Waals surface area contributed by atoms with Crippen LogP contribution in [0.4, 0.5) is 0 Å². The third kappa shape index (κ3) is 4.28. The maximum atomic E-state index is 12.8. The van der Waals surface area contributed by atoms with E-state index in [1.54, 1.807) is 31.4 Å². The molecule has 0 aromatic heterocycles. The average Bonchev–Trinajstić information content (AvgIpc) is 2.67. The van der Waals surface area contributed by atoms with Gasteiger partial charge in [-0.25, -0.2) is 8.42 Å². The molecule has 5 nitrogen and oxygen atoms in total. The molecule has 25 heavy (non-hydrogen) atoms. The fourth-order valence-electron chi connectivity index (χ4n) is 2.66. The van der Waals surface area contributed by atoms with Crippen molar-refractivity contribution < 1.29 is 17.9 Å². The minimum absolute atomic E-state index is 0.262. The van der Waals surface area contributed by atoms with Crippen molar-refractivity contribution in [3.63, 3.8) is 0 Å². The minimum atomic E-state index is -3.54. The van der Waals surface area contributed by atoms with Gasteiger partial charge in [0.05, 0.1) is 24.7 Å². The minimum Gasteiger partial charge on any atom is -0.497 e. The number of morpholine rings is 1. The predicted octanol–water partition coefficient (Wildman–Crippen LogP) is 2.80. The highest BCUT2D eigenvalue weighted by Gasteiger charge is 2.29. The summed E-state index contributed by atoms with van der Waals surface area (Å²) in [6, 6.07) is 16.3. The zero-order valence-corrected chi connectivity index (χ0v) is 14.9. The van der Waals surface area contributed by atoms with Crippen LogP contribution in [0.3, 0.4) is 0 Å². The van der Waals surface area contributed by atoms with Gasteiger partial charge in [0.2, 0.25) is 10.0 Å². The maximum Gasteiger partial charge on any atom is 0.243 e. The standard InChI is InChI=1S/C19H21NO4S/c1-23-17-9-11-19(12-10-17)25(21,22)20-13-14-24-18(15-20)8-7-16-5-3-2-4-6-16/h2-12,18H,13-15H2,1H3/b8-7+. The highest BCUT2D eigenvalue weighted by atomic mass is 32.2. The Bertz CT molecular complexity index is 816. The first kappa shape index (κ1) is 17.7. The summed E-state index contributed by atoms with van der Waals surface area (Å²) < 4.78 is 37.9. The Hall–Kier alpha value is -2.15. The lowest BCUT2D eigenvalue weighted by Crippen LogP contribution is -2.44. The van der Waals surface area contributed by atoms with Gasteiger partial charge in [-0.2, -0.15) is 4.31 Å². The van der Waals surface area contributed by atoms with E-state index < -0.39 is 10.0 Å². The molecule has 1 unspecified atom stereocenters. The molecule has 1 fully saturated rings. The van der Waals surface area contributed by atoms with Crippen LogP contribution in [0.5, 0.6) is 5.75 Å². The van der Waals surface area contributed by atoms with Crippen LogP contribution in [0.15, 0.2) is 65.6 Å². The van der Waals surface area contributed by atoms with E-state index in [4.69, 9.17) is 9.47 Å². The molecule has 6 heteroatoms. The van der Waals surface area contributed by atoms with Gasteiger partial charge in [-0.1, -0.05) is 42.5 Å². The van der Waals surface area contributed by atoms with Crippen molar-refractivity contribution in [1.29, 1.82) is 0 Å². The number of rotatable bonds is 5. The molecular formula is C19H21NO4S. The van der Waals surface area contributed by atoms with Gasteiger partial charge >= 0.3 is 0 Å². The normalized spacial score (nSPS) is 19.2. The summed E-state index contributed by atoms with van der Waals surface area (Å²) in [6.45, 7) is 1.03. The zero-order chi connectivity index (χ0) is 17.7. The second-order valence-corrected chi connectivity index (χ2v) is 7.66. The average molecular weight is 359 g/mol. The van der Waals surface area contributed by atoms with Gasteiger partial charge in [0, 0.05) is 13.1 Å². The Labute approximate surface area is 148 Å². The molecule has 132 valence electrons. The first-order chi connectivity index (χ1) is 12.1. The fraction of sp³-hybridized carbons (Fsp3) is 0.263. The summed E-state index contributed by atoms with van der Waals surface area (Å²) in [5, 5.41) is 0. The Morgan fingerprint density at radius 1 is 1.12 bits per heavy atom. The van der Waals surface area contributed by atoms with Crippen molar-refractivity contribution in [3.05, 3.63) is 66.2 Å². The summed E-state index contributed by atoms with van der Waals surface area (Å²) in [6.07, 6.45) is 3.60. The summed E-state index contributed by atoms with van der Waals surface area (Å²) in [7, 11) is -1.99. The molecule has 2 aromatic rings. The van der Waals surface area contributed by atoms with Crippen molar-refractivity contribution in [2.24, 2.45) is 0 Å². The molecule has 0 spiro atoms. The second-order valence-electron chi connectivity index (χ2n) is 5.72. The molecule has 0 N–H and O–H groups in total. The van der Waals surface area contributed by atoms with Crippen molar-refractivity contribution >= 4 is 16.1 Å². The van der Waals surface area contributed by atoms with Gasteiger partial charge < -0.3 is 9.47 Å². The molecule has 0 radical (unpaired) electrons. The van der Waals surface area contributed by atoms with E-state index in [0.29, 0.717) is 25.4 Å². The number of hydrogen-bond acceptors (Lipinski definition) is 4. The maximum absolute atomic E-state index is 12.8. The molecule has 1 aliphatic heterocycles. The number of hydrogen-bond donors (Lipinski definition) is 0. The smallest absolute Gasteiger partial charge is 0.243 e. The summed E-state index contributed by atoms with van der Waals surface area (Å²) in [5.74, 6) is 0.629. The van der Waals surface area contributed by atoms with Gasteiger partial charge in [-0.3, -0.25) is 0 Å². The van der Waals surface area contributed by atoms with Gasteiger partial charge in [-0.15, -0.1) is 0 Å². The predicted molar refractivity (Wildman–Crippen MR) is 97.0 cm³/mol. The van der Waals surface area contributed by atoms with Crippen molar-refractivity contribution in [2.45, 2.75) is 11.0 Å². The number of methoxy groups -OCH3 is 1. The van der Waals surface area contributed by atoms with Crippen LogP contribution < -0.4 is 4.74 Å². The van der Waals surface area contributed by atoms with E-state index in [0.717, 1.165) is 5.56 Å². The van der Waals surface area contributed by atoms with Crippen molar-refractivity contribution in [3.8, 4) is 5.75 Å². The Morgan fingerprint density at radius 2 is 1.84 bits per heavy atom. The molecule has 0 amide bonds. The lowest BCUT2D eigenvalue weighted by molar-refractivity contribution is 0.0273. The van der Waals surface area contributed by atoms with Crippen molar-refractivity contribution in [1.82, 2.24) is 4.31 Å². The molecule has 1 saturated heterocycles. The second kappa shape index (κ2) is 7.82. The molecule has 0 bridgehead atoms. The highest BCUT2D eigenvalue weighted by molar-refractivity contribution is 7.89. The van der Waals surface area contributed by atoms with E-state index in [-0.39, 0.29) is 11.0 Å². The highest BCUT2D eigenvalue weighted by Crippen LogP contribution is 2.22. The quantitative estimate of drug-likeness (QED) is 0.824. The lowest BCUT2D eigenvalue weighted by Gasteiger charge is -2.30. The van der Waals surface area contributed by atoms with E-state index >= 15 is 0 Å². The van der Waals surface area contributed by atoms with Crippen LogP contribution in [0.2, 0.25) is 0 Å². The van der Waals surface area contributed by atoms with Crippen LogP contribution in [-0.4, -0.2) is 45.6 Å². The summed E-state index contributed by atoms with van der Waals surface area (Å²) in [5.41, 5.74) is 1.06. The number of sulfonamides is 1. The SMILES string of the molecule is COc1ccc(S(=O)(=O)N2CCOC(/C=C/c3ccccc3)C2)cc1. The molecule has 1 heterocycles. The first-order valence-electron chi connectivity index (χ1n) is 8.08. The molecule has 1 atom stereocenters. The van der Waals surface area contributed by atoms with Crippen molar-refractivity contribution in [2.75, 3.05) is 26.8 Å². The molecule has 3 rings (SSSR count). The van der Waals surface area contributed by atoms with E-state index in [1.165, 1.54) is 4.31 Å². The van der Waals surface area contributed by atoms with Crippen LogP contribution in [0.25, 0.3) is 6.08 Å². The van der Waals surface area contributed by atoms with Crippen LogP contribution in [0, 0.1) is 0 Å². The van der Waals surface area contributed by atoms with E-state index in [1.807, 2.05) is 42.5 Å². The number of benzene rings is 2. The largest absolute Gasteiger partial charge is 0.497 e. The Kier molecular flexibility index (Phi) is 5.53. The summed E-state index contributed by atoms with van der Waals surface area (Å²) in [4.78, 5) is 0.265. The topological polar surface area (TPSA) is 55.8 Å². The molecule has 1 aliphatic rings. The third-order valence-corrected chi connectivity index (χ3v) is 5.94. The first-order valence-corrected chi connectivity index (χ1v) is 9.52. The van der Waals surface area contributed by atoms with E-state index in [2.05, 4.69) is 0 Å². The Morgan fingerprint density at radius 3 is 2.52 bits per heavy atom. The Balaban J connectivity index is 1.72. The van der Waals surface area contributed by atoms with E-state index in [9.17, 15) is 8.42 Å². The fourth-order valence-corrected chi connectivity index (χ4v) is 4.10. The van der Waals surface area contributed by atoms with Gasteiger partial charge in [-0.05, 0) is 29.8 Å². The van der Waals surface area contributed by atoms with Crippen LogP contribution in [0.1, 0.15) is 5.56 Å². The summed E-state index contributed by atoms with van der Waals surface area (Å²) >= 11 is 0. The zero-order valence-electron chi connectivity index (χ0n) is 14.0. The van der Waals surface area contributed by atoms with Crippen LogP contribution in [-0.2, 0) is 14.8 Å². The van der Waals surface area contributed by atoms with Gasteiger partial charge in [0.1, 0.15) is 5.75 Å². The molecule has 0 aliphatic carbocycles. The van der Waals surface area contributed by atoms with Gasteiger partial charge in [0.25, 0.3) is 0 Å². The molecule has 2 aromatic carbocycles.